The number of hydrogen-bond acceptors (Lipinski definition) is 5. The average Bonchev–Trinajstić information content (AvgIpc) is 3.27. The molecule has 0 spiro atoms. The molecule has 0 saturated heterocycles. The normalized spacial score (nSPS) is 15.4. The summed E-state index contributed by atoms with van der Waals surface area (Å²) in [7, 11) is 2.09. The molecule has 0 radical (unpaired) electrons. The van der Waals surface area contributed by atoms with Crippen LogP contribution in [0.1, 0.15) is 58.9 Å². The Morgan fingerprint density at radius 2 is 1.45 bits per heavy atom. The van der Waals surface area contributed by atoms with Crippen LogP contribution in [0.15, 0.2) is 24.4 Å². The molecule has 31 heavy (non-hydrogen) atoms. The fourth-order valence-electron chi connectivity index (χ4n) is 3.88. The van der Waals surface area contributed by atoms with Crippen LogP contribution in [-0.4, -0.2) is 38.2 Å². The first-order valence-corrected chi connectivity index (χ1v) is 15.6. The van der Waals surface area contributed by atoms with Crippen LogP contribution < -0.4 is 4.90 Å². The third-order valence-electron chi connectivity index (χ3n) is 5.29. The Bertz CT molecular complexity index is 866. The zero-order chi connectivity index (χ0) is 22.4. The van der Waals surface area contributed by atoms with E-state index in [4.69, 9.17) is 0 Å². The molecule has 0 saturated carbocycles. The molecule has 172 valence electrons. The van der Waals surface area contributed by atoms with Crippen LogP contribution >= 0.6 is 47.0 Å². The maximum absolute atomic E-state index is 14.4. The number of aromatic nitrogens is 1. The van der Waals surface area contributed by atoms with Crippen LogP contribution in [0.3, 0.4) is 0 Å². The molecule has 0 unspecified atom stereocenters. The minimum Gasteiger partial charge on any atom is -0.350 e. The van der Waals surface area contributed by atoms with Crippen molar-refractivity contribution in [2.24, 2.45) is 7.05 Å². The summed E-state index contributed by atoms with van der Waals surface area (Å²) in [6, 6.07) is 6.66. The average molecular weight is 497 g/mol. The van der Waals surface area contributed by atoms with Crippen molar-refractivity contribution < 1.29 is 4.79 Å². The third kappa shape index (κ3) is 4.95. The van der Waals surface area contributed by atoms with Crippen LogP contribution in [-0.2, 0) is 15.9 Å². The number of benzene rings is 1. The first-order chi connectivity index (χ1) is 15.1. The van der Waals surface area contributed by atoms with Crippen molar-refractivity contribution in [2.45, 2.75) is 62.2 Å². The zero-order valence-electron chi connectivity index (χ0n) is 19.5. The van der Waals surface area contributed by atoms with Crippen LogP contribution in [0.25, 0.3) is 10.9 Å². The number of carbonyl (C=O) groups is 1. The third-order valence-corrected chi connectivity index (χ3v) is 11.9. The molecule has 1 amide bonds. The van der Waals surface area contributed by atoms with Crippen LogP contribution in [0.2, 0.25) is 0 Å². The number of thioether (sulfide) groups is 4. The maximum atomic E-state index is 14.4. The summed E-state index contributed by atoms with van der Waals surface area (Å²) in [5.41, 5.74) is 3.58. The number of anilines is 1. The van der Waals surface area contributed by atoms with Gasteiger partial charge in [0.25, 0.3) is 5.91 Å². The number of rotatable bonds is 13. The summed E-state index contributed by atoms with van der Waals surface area (Å²) in [4.78, 5) is 16.5. The van der Waals surface area contributed by atoms with Gasteiger partial charge in [0.1, 0.15) is 4.71 Å². The topological polar surface area (TPSA) is 25.2 Å². The highest BCUT2D eigenvalue weighted by atomic mass is 32.2. The molecular formula is C24H36N2OS4. The smallest absolute Gasteiger partial charge is 0.259 e. The number of aryl methyl sites for hydroxylation is 1. The largest absolute Gasteiger partial charge is 0.350 e. The van der Waals surface area contributed by atoms with E-state index in [0.29, 0.717) is 0 Å². The van der Waals surface area contributed by atoms with Gasteiger partial charge in [-0.1, -0.05) is 33.8 Å². The standard InChI is InChI=1S/C24H36N2OS4/c1-6-14-28-23(29-15-7-2)26-21-18-12-13-25(5)20(18)11-10-19(21)24(22(26)27,30-16-8-3)31-17-9-4/h10-13,23H,6-9,14-17H2,1-5H3. The number of carbonyl (C=O) groups excluding carboxylic acids is 1. The van der Waals surface area contributed by atoms with Gasteiger partial charge in [-0.3, -0.25) is 9.69 Å². The van der Waals surface area contributed by atoms with Gasteiger partial charge in [0, 0.05) is 29.7 Å². The first-order valence-electron chi connectivity index (χ1n) is 11.5. The lowest BCUT2D eigenvalue weighted by Gasteiger charge is -2.31. The van der Waals surface area contributed by atoms with Crippen LogP contribution in [0.4, 0.5) is 5.69 Å². The van der Waals surface area contributed by atoms with Gasteiger partial charge in [0.2, 0.25) is 0 Å². The molecule has 0 aliphatic carbocycles. The van der Waals surface area contributed by atoms with Gasteiger partial charge in [-0.15, -0.1) is 47.0 Å². The molecule has 0 bridgehead atoms. The Labute approximate surface area is 205 Å². The van der Waals surface area contributed by atoms with E-state index in [9.17, 15) is 4.79 Å². The molecule has 3 nitrogen and oxygen atoms in total. The number of fused-ring (bicyclic) bond motifs is 3. The van der Waals surface area contributed by atoms with E-state index in [1.165, 1.54) is 16.5 Å². The molecule has 0 N–H and O–H groups in total. The highest BCUT2D eigenvalue weighted by molar-refractivity contribution is 8.19. The van der Waals surface area contributed by atoms with Crippen molar-refractivity contribution in [2.75, 3.05) is 27.9 Å². The lowest BCUT2D eigenvalue weighted by Crippen LogP contribution is -2.41. The molecule has 0 fully saturated rings. The first kappa shape index (κ1) is 25.3. The molecule has 2 aromatic rings. The quantitative estimate of drug-likeness (QED) is 0.267. The molecule has 7 heteroatoms. The van der Waals surface area contributed by atoms with E-state index in [2.05, 4.69) is 68.6 Å². The van der Waals surface area contributed by atoms with Crippen molar-refractivity contribution in [3.63, 3.8) is 0 Å². The Morgan fingerprint density at radius 1 is 0.871 bits per heavy atom. The number of nitrogens with zero attached hydrogens (tertiary/aromatic N) is 2. The minimum atomic E-state index is -0.525. The van der Waals surface area contributed by atoms with Crippen molar-refractivity contribution >= 4 is 69.5 Å². The van der Waals surface area contributed by atoms with Crippen molar-refractivity contribution in [1.29, 1.82) is 0 Å². The van der Waals surface area contributed by atoms with Crippen molar-refractivity contribution in [1.82, 2.24) is 4.57 Å². The summed E-state index contributed by atoms with van der Waals surface area (Å²) in [5.74, 6) is 4.42. The van der Waals surface area contributed by atoms with Gasteiger partial charge >= 0.3 is 0 Å². The second-order valence-electron chi connectivity index (χ2n) is 7.86. The lowest BCUT2D eigenvalue weighted by molar-refractivity contribution is -0.118. The summed E-state index contributed by atoms with van der Waals surface area (Å²) >= 11 is 7.57. The van der Waals surface area contributed by atoms with Crippen LogP contribution in [0, 0.1) is 0 Å². The highest BCUT2D eigenvalue weighted by Gasteiger charge is 2.54. The number of hydrogen-bond donors (Lipinski definition) is 0. The zero-order valence-corrected chi connectivity index (χ0v) is 22.7. The van der Waals surface area contributed by atoms with Crippen LogP contribution in [0.5, 0.6) is 0 Å². The summed E-state index contributed by atoms with van der Waals surface area (Å²) in [6.45, 7) is 8.87. The van der Waals surface area contributed by atoms with E-state index in [0.717, 1.165) is 54.4 Å². The Kier molecular flexibility index (Phi) is 9.50. The van der Waals surface area contributed by atoms with E-state index in [-0.39, 0.29) is 10.6 Å². The van der Waals surface area contributed by atoms with Gasteiger partial charge in [-0.05, 0) is 60.8 Å². The van der Waals surface area contributed by atoms with Gasteiger partial charge in [0.15, 0.2) is 4.08 Å². The molecule has 1 aliphatic rings. The van der Waals surface area contributed by atoms with E-state index in [1.807, 2.05) is 47.0 Å². The molecule has 3 rings (SSSR count). The predicted molar refractivity (Wildman–Crippen MR) is 147 cm³/mol. The maximum Gasteiger partial charge on any atom is 0.259 e. The Morgan fingerprint density at radius 3 is 2.00 bits per heavy atom. The molecule has 2 heterocycles. The molecule has 0 atom stereocenters. The fraction of sp³-hybridized carbons (Fsp3) is 0.625. The molecular weight excluding hydrogens is 461 g/mol. The number of amides is 1. The van der Waals surface area contributed by atoms with E-state index < -0.39 is 4.08 Å². The predicted octanol–water partition coefficient (Wildman–Crippen LogP) is 7.53. The van der Waals surface area contributed by atoms with Crippen molar-refractivity contribution in [3.8, 4) is 0 Å². The van der Waals surface area contributed by atoms with Gasteiger partial charge in [-0.25, -0.2) is 0 Å². The van der Waals surface area contributed by atoms with E-state index >= 15 is 0 Å². The van der Waals surface area contributed by atoms with Gasteiger partial charge in [-0.2, -0.15) is 0 Å². The second-order valence-corrected chi connectivity index (χ2v) is 13.4. The lowest BCUT2D eigenvalue weighted by atomic mass is 10.1. The minimum absolute atomic E-state index is 0.128. The molecule has 1 aliphatic heterocycles. The SMILES string of the molecule is CCCSC(SCCC)N1C(=O)C(SCCC)(SCCC)c2ccc3c(ccn3C)c21. The summed E-state index contributed by atoms with van der Waals surface area (Å²) < 4.78 is 1.77. The second kappa shape index (κ2) is 11.7. The molecule has 1 aromatic heterocycles. The van der Waals surface area contributed by atoms with Gasteiger partial charge in [0.05, 0.1) is 5.69 Å². The Balaban J connectivity index is 2.19. The summed E-state index contributed by atoms with van der Waals surface area (Å²) in [5, 5.41) is 1.21. The Hall–Kier alpha value is -0.370. The fourth-order valence-corrected chi connectivity index (χ4v) is 9.32. The molecule has 1 aromatic carbocycles. The van der Waals surface area contributed by atoms with Crippen molar-refractivity contribution in [3.05, 3.63) is 30.0 Å². The van der Waals surface area contributed by atoms with E-state index in [1.54, 1.807) is 0 Å². The summed E-state index contributed by atoms with van der Waals surface area (Å²) in [6.07, 6.45) is 6.53. The van der Waals surface area contributed by atoms with Gasteiger partial charge < -0.3 is 4.57 Å². The highest BCUT2D eigenvalue weighted by Crippen LogP contribution is 2.59. The monoisotopic (exact) mass is 496 g/mol.